The molecule has 2 amide bonds. The average Bonchev–Trinajstić information content (AvgIpc) is 2.96. The van der Waals surface area contributed by atoms with Gasteiger partial charge in [-0.25, -0.2) is 0 Å². The maximum absolute atomic E-state index is 12.9. The second-order valence-corrected chi connectivity index (χ2v) is 6.82. The highest BCUT2D eigenvalue weighted by atomic mass is 32.1. The molecule has 1 aliphatic rings. The van der Waals surface area contributed by atoms with Gasteiger partial charge in [0.1, 0.15) is 12.1 Å². The summed E-state index contributed by atoms with van der Waals surface area (Å²) < 4.78 is 0. The first-order valence-corrected chi connectivity index (χ1v) is 8.55. The van der Waals surface area contributed by atoms with Crippen LogP contribution in [0.15, 0.2) is 17.5 Å². The quantitative estimate of drug-likeness (QED) is 0.909. The van der Waals surface area contributed by atoms with Gasteiger partial charge in [0, 0.05) is 4.88 Å². The van der Waals surface area contributed by atoms with Crippen LogP contribution in [0.5, 0.6) is 0 Å². The molecule has 1 aliphatic heterocycles. The van der Waals surface area contributed by atoms with E-state index in [-0.39, 0.29) is 29.8 Å². The minimum atomic E-state index is -0.408. The highest BCUT2D eigenvalue weighted by Crippen LogP contribution is 2.33. The number of amides is 2. The number of carbonyl (C=O) groups is 2. The van der Waals surface area contributed by atoms with Crippen LogP contribution < -0.4 is 5.32 Å². The second kappa shape index (κ2) is 6.60. The van der Waals surface area contributed by atoms with E-state index in [0.717, 1.165) is 11.3 Å². The zero-order chi connectivity index (χ0) is 15.6. The summed E-state index contributed by atoms with van der Waals surface area (Å²) in [5.41, 5.74) is 0. The molecule has 0 aromatic carbocycles. The van der Waals surface area contributed by atoms with Crippen LogP contribution in [0, 0.1) is 5.92 Å². The summed E-state index contributed by atoms with van der Waals surface area (Å²) in [4.78, 5) is 28.3. The number of thiophene rings is 1. The first kappa shape index (κ1) is 16.0. The van der Waals surface area contributed by atoms with E-state index < -0.39 is 6.04 Å². The number of hydrogen-bond acceptors (Lipinski definition) is 3. The van der Waals surface area contributed by atoms with Crippen molar-refractivity contribution in [2.45, 2.75) is 58.7 Å². The fraction of sp³-hybridized carbons (Fsp3) is 0.625. The Morgan fingerprint density at radius 2 is 2.05 bits per heavy atom. The molecule has 0 bridgehead atoms. The second-order valence-electron chi connectivity index (χ2n) is 5.84. The largest absolute Gasteiger partial charge is 0.342 e. The molecule has 4 nitrogen and oxygen atoms in total. The molecule has 2 heterocycles. The molecule has 1 saturated heterocycles. The number of nitrogens with zero attached hydrogens (tertiary/aromatic N) is 1. The Hall–Kier alpha value is -1.36. The first-order chi connectivity index (χ1) is 10.0. The highest BCUT2D eigenvalue weighted by molar-refractivity contribution is 7.10. The van der Waals surface area contributed by atoms with E-state index in [1.807, 2.05) is 37.1 Å². The average molecular weight is 308 g/mol. The monoisotopic (exact) mass is 308 g/mol. The van der Waals surface area contributed by atoms with Crippen LogP contribution in [0.25, 0.3) is 0 Å². The van der Waals surface area contributed by atoms with Gasteiger partial charge in [-0.3, -0.25) is 9.59 Å². The minimum absolute atomic E-state index is 0.00486. The molecule has 21 heavy (non-hydrogen) atoms. The van der Waals surface area contributed by atoms with E-state index in [1.54, 1.807) is 11.3 Å². The van der Waals surface area contributed by atoms with Gasteiger partial charge in [-0.15, -0.1) is 11.3 Å². The Kier molecular flexibility index (Phi) is 5.04. The Bertz CT molecular complexity index is 498. The van der Waals surface area contributed by atoms with Crippen LogP contribution in [0.2, 0.25) is 0 Å². The van der Waals surface area contributed by atoms with E-state index in [0.29, 0.717) is 6.42 Å². The van der Waals surface area contributed by atoms with Crippen molar-refractivity contribution in [3.05, 3.63) is 22.4 Å². The van der Waals surface area contributed by atoms with Crippen molar-refractivity contribution in [1.82, 2.24) is 10.2 Å². The van der Waals surface area contributed by atoms with Crippen molar-refractivity contribution in [2.75, 3.05) is 0 Å². The third-order valence-corrected chi connectivity index (χ3v) is 5.08. The number of hydrogen-bond donors (Lipinski definition) is 1. The standard InChI is InChI=1S/C16H24N2O2S/c1-5-11(13-8-7-9-21-13)18-12(6-2)15(19)17-14(10(3)4)16(18)20/h7-12,14H,5-6H2,1-4H3,(H,17,19). The molecule has 3 atom stereocenters. The molecule has 2 rings (SSSR count). The van der Waals surface area contributed by atoms with E-state index in [1.165, 1.54) is 0 Å². The highest BCUT2D eigenvalue weighted by Gasteiger charge is 2.43. The third kappa shape index (κ3) is 2.98. The van der Waals surface area contributed by atoms with Gasteiger partial charge in [0.25, 0.3) is 0 Å². The van der Waals surface area contributed by atoms with Crippen molar-refractivity contribution in [1.29, 1.82) is 0 Å². The lowest BCUT2D eigenvalue weighted by Crippen LogP contribution is -2.65. The maximum atomic E-state index is 12.9. The molecular weight excluding hydrogens is 284 g/mol. The zero-order valence-corrected chi connectivity index (χ0v) is 13.9. The molecule has 1 fully saturated rings. The van der Waals surface area contributed by atoms with Crippen molar-refractivity contribution in [3.8, 4) is 0 Å². The van der Waals surface area contributed by atoms with E-state index >= 15 is 0 Å². The Labute approximate surface area is 130 Å². The molecule has 0 radical (unpaired) electrons. The molecular formula is C16H24N2O2S. The summed E-state index contributed by atoms with van der Waals surface area (Å²) in [5.74, 6) is 0.130. The van der Waals surface area contributed by atoms with Gasteiger partial charge in [0.2, 0.25) is 11.8 Å². The lowest BCUT2D eigenvalue weighted by molar-refractivity contribution is -0.154. The SMILES string of the molecule is CCC1C(=O)NC(C(C)C)C(=O)N1C(CC)c1cccs1. The molecule has 3 unspecified atom stereocenters. The zero-order valence-electron chi connectivity index (χ0n) is 13.1. The van der Waals surface area contributed by atoms with E-state index in [2.05, 4.69) is 18.3 Å². The molecule has 0 aliphatic carbocycles. The Balaban J connectivity index is 2.39. The van der Waals surface area contributed by atoms with Gasteiger partial charge in [-0.05, 0) is 30.2 Å². The lowest BCUT2D eigenvalue weighted by atomic mass is 9.94. The van der Waals surface area contributed by atoms with Crippen LogP contribution in [-0.2, 0) is 9.59 Å². The summed E-state index contributed by atoms with van der Waals surface area (Å²) in [6.45, 7) is 7.97. The van der Waals surface area contributed by atoms with Crippen molar-refractivity contribution in [3.63, 3.8) is 0 Å². The fourth-order valence-electron chi connectivity index (χ4n) is 2.97. The van der Waals surface area contributed by atoms with Crippen LogP contribution in [0.4, 0.5) is 0 Å². The summed E-state index contributed by atoms with van der Waals surface area (Å²) in [6.07, 6.45) is 1.46. The summed E-state index contributed by atoms with van der Waals surface area (Å²) in [7, 11) is 0. The van der Waals surface area contributed by atoms with Gasteiger partial charge in [-0.2, -0.15) is 0 Å². The molecule has 1 aromatic heterocycles. The van der Waals surface area contributed by atoms with E-state index in [9.17, 15) is 9.59 Å². The third-order valence-electron chi connectivity index (χ3n) is 4.10. The van der Waals surface area contributed by atoms with Gasteiger partial charge in [0.15, 0.2) is 0 Å². The number of carbonyl (C=O) groups excluding carboxylic acids is 2. The van der Waals surface area contributed by atoms with Crippen molar-refractivity contribution in [2.24, 2.45) is 5.92 Å². The molecule has 1 N–H and O–H groups in total. The predicted octanol–water partition coefficient (Wildman–Crippen LogP) is 2.96. The van der Waals surface area contributed by atoms with Gasteiger partial charge in [-0.1, -0.05) is 33.8 Å². The fourth-order valence-corrected chi connectivity index (χ4v) is 3.88. The van der Waals surface area contributed by atoms with Crippen LogP contribution >= 0.6 is 11.3 Å². The normalized spacial score (nSPS) is 24.3. The topological polar surface area (TPSA) is 49.4 Å². The van der Waals surface area contributed by atoms with Crippen LogP contribution in [-0.4, -0.2) is 28.8 Å². The summed E-state index contributed by atoms with van der Waals surface area (Å²) in [6, 6.07) is 3.27. The van der Waals surface area contributed by atoms with E-state index in [4.69, 9.17) is 0 Å². The number of rotatable bonds is 5. The Morgan fingerprint density at radius 3 is 2.52 bits per heavy atom. The lowest BCUT2D eigenvalue weighted by Gasteiger charge is -2.43. The van der Waals surface area contributed by atoms with Crippen LogP contribution in [0.3, 0.4) is 0 Å². The van der Waals surface area contributed by atoms with Crippen molar-refractivity contribution >= 4 is 23.2 Å². The van der Waals surface area contributed by atoms with Gasteiger partial charge < -0.3 is 10.2 Å². The predicted molar refractivity (Wildman–Crippen MR) is 85.0 cm³/mol. The molecule has 0 spiro atoms. The summed E-state index contributed by atoms with van der Waals surface area (Å²) in [5, 5.41) is 4.92. The molecule has 0 saturated carbocycles. The number of nitrogens with one attached hydrogen (secondary N) is 1. The van der Waals surface area contributed by atoms with Gasteiger partial charge in [0.05, 0.1) is 6.04 Å². The molecule has 116 valence electrons. The Morgan fingerprint density at radius 1 is 1.33 bits per heavy atom. The minimum Gasteiger partial charge on any atom is -0.342 e. The van der Waals surface area contributed by atoms with Gasteiger partial charge >= 0.3 is 0 Å². The number of piperazine rings is 1. The maximum Gasteiger partial charge on any atom is 0.246 e. The molecule has 1 aromatic rings. The smallest absolute Gasteiger partial charge is 0.246 e. The van der Waals surface area contributed by atoms with Crippen LogP contribution in [0.1, 0.15) is 51.5 Å². The summed E-state index contributed by atoms with van der Waals surface area (Å²) >= 11 is 1.65. The molecule has 5 heteroatoms. The van der Waals surface area contributed by atoms with Crippen molar-refractivity contribution < 1.29 is 9.59 Å². The first-order valence-electron chi connectivity index (χ1n) is 7.67.